The summed E-state index contributed by atoms with van der Waals surface area (Å²) in [6.07, 6.45) is 0.772. The van der Waals surface area contributed by atoms with Crippen LogP contribution >= 0.6 is 0 Å². The van der Waals surface area contributed by atoms with Gasteiger partial charge in [-0.05, 0) is 36.6 Å². The van der Waals surface area contributed by atoms with E-state index >= 15 is 0 Å². The van der Waals surface area contributed by atoms with Crippen LogP contribution in [-0.4, -0.2) is 11.9 Å². The topological polar surface area (TPSA) is 82.4 Å². The number of carboxylic acid groups (broad SMARTS) is 1. The van der Waals surface area contributed by atoms with Crippen molar-refractivity contribution in [1.29, 1.82) is 0 Å². The van der Waals surface area contributed by atoms with Gasteiger partial charge >= 0.3 is 0 Å². The van der Waals surface area contributed by atoms with Gasteiger partial charge in [-0.3, -0.25) is 4.79 Å². The van der Waals surface area contributed by atoms with Crippen molar-refractivity contribution in [2.24, 2.45) is 5.92 Å². The van der Waals surface area contributed by atoms with E-state index in [0.29, 0.717) is 22.9 Å². The van der Waals surface area contributed by atoms with E-state index < -0.39 is 5.97 Å². The second-order valence-electron chi connectivity index (χ2n) is 5.60. The van der Waals surface area contributed by atoms with Gasteiger partial charge in [0.05, 0.1) is 11.5 Å². The fourth-order valence-electron chi connectivity index (χ4n) is 2.16. The van der Waals surface area contributed by atoms with Gasteiger partial charge < -0.3 is 19.6 Å². The van der Waals surface area contributed by atoms with Crippen molar-refractivity contribution in [3.05, 3.63) is 53.0 Å². The average Bonchev–Trinajstić information content (AvgIpc) is 2.79. The third-order valence-electron chi connectivity index (χ3n) is 3.20. The molecule has 0 aliphatic rings. The second-order valence-corrected chi connectivity index (χ2v) is 5.60. The Labute approximate surface area is 129 Å². The normalized spacial score (nSPS) is 10.7. The Morgan fingerprint density at radius 2 is 1.86 bits per heavy atom. The first-order chi connectivity index (χ1) is 10.4. The summed E-state index contributed by atoms with van der Waals surface area (Å²) in [6, 6.07) is 7.57. The molecule has 0 aliphatic heterocycles. The number of benzene rings is 1. The average molecular weight is 300 g/mol. The summed E-state index contributed by atoms with van der Waals surface area (Å²) in [4.78, 5) is 22.9. The van der Waals surface area contributed by atoms with E-state index in [-0.39, 0.29) is 11.5 Å². The first-order valence-corrected chi connectivity index (χ1v) is 7.09. The molecule has 0 aliphatic carbocycles. The van der Waals surface area contributed by atoms with Crippen molar-refractivity contribution in [3.8, 4) is 0 Å². The van der Waals surface area contributed by atoms with Gasteiger partial charge in [-0.25, -0.2) is 0 Å². The van der Waals surface area contributed by atoms with Crippen LogP contribution in [0, 0.1) is 12.8 Å². The largest absolute Gasteiger partial charge is 0.545 e. The summed E-state index contributed by atoms with van der Waals surface area (Å²) in [7, 11) is 0. The fraction of sp³-hybridized carbons (Fsp3) is 0.294. The Morgan fingerprint density at radius 3 is 2.41 bits per heavy atom. The zero-order valence-electron chi connectivity index (χ0n) is 12.8. The van der Waals surface area contributed by atoms with Crippen molar-refractivity contribution in [2.75, 3.05) is 5.32 Å². The molecule has 1 N–H and O–H groups in total. The molecule has 0 radical (unpaired) electrons. The van der Waals surface area contributed by atoms with Gasteiger partial charge in [0.15, 0.2) is 0 Å². The number of carbonyl (C=O) groups is 2. The fourth-order valence-corrected chi connectivity index (χ4v) is 2.16. The Balaban J connectivity index is 2.11. The third-order valence-corrected chi connectivity index (χ3v) is 3.20. The number of aryl methyl sites for hydroxylation is 1. The lowest BCUT2D eigenvalue weighted by molar-refractivity contribution is -0.255. The molecule has 1 heterocycles. The molecular formula is C17H18NO4-. The lowest BCUT2D eigenvalue weighted by Gasteiger charge is -2.06. The van der Waals surface area contributed by atoms with Crippen LogP contribution in [0.4, 0.5) is 5.69 Å². The quantitative estimate of drug-likeness (QED) is 0.919. The van der Waals surface area contributed by atoms with Crippen LogP contribution in [0.5, 0.6) is 0 Å². The van der Waals surface area contributed by atoms with Crippen molar-refractivity contribution in [1.82, 2.24) is 0 Å². The Morgan fingerprint density at radius 1 is 1.23 bits per heavy atom. The maximum absolute atomic E-state index is 12.3. The van der Waals surface area contributed by atoms with Crippen LogP contribution in [0.1, 0.15) is 46.1 Å². The van der Waals surface area contributed by atoms with Crippen LogP contribution in [0.25, 0.3) is 0 Å². The van der Waals surface area contributed by atoms with Gasteiger partial charge in [0.1, 0.15) is 11.5 Å². The zero-order chi connectivity index (χ0) is 16.3. The highest BCUT2D eigenvalue weighted by Crippen LogP contribution is 2.19. The van der Waals surface area contributed by atoms with Crippen molar-refractivity contribution in [2.45, 2.75) is 27.2 Å². The minimum Gasteiger partial charge on any atom is -0.545 e. The Hall–Kier alpha value is -2.56. The molecule has 1 amide bonds. The molecule has 0 bridgehead atoms. The predicted molar refractivity (Wildman–Crippen MR) is 80.7 cm³/mol. The molecule has 22 heavy (non-hydrogen) atoms. The van der Waals surface area contributed by atoms with Gasteiger partial charge in [-0.2, -0.15) is 0 Å². The van der Waals surface area contributed by atoms with Crippen LogP contribution in [-0.2, 0) is 6.42 Å². The van der Waals surface area contributed by atoms with Gasteiger partial charge in [0.2, 0.25) is 0 Å². The number of amides is 1. The van der Waals surface area contributed by atoms with Crippen molar-refractivity contribution in [3.63, 3.8) is 0 Å². The highest BCUT2D eigenvalue weighted by atomic mass is 16.4. The maximum atomic E-state index is 12.3. The van der Waals surface area contributed by atoms with Gasteiger partial charge in [0.25, 0.3) is 5.91 Å². The van der Waals surface area contributed by atoms with Crippen LogP contribution in [0.2, 0.25) is 0 Å². The van der Waals surface area contributed by atoms with E-state index in [9.17, 15) is 14.7 Å². The predicted octanol–water partition coefficient (Wildman–Crippen LogP) is 2.40. The Kier molecular flexibility index (Phi) is 4.65. The molecule has 2 aromatic rings. The Bertz CT molecular complexity index is 683. The summed E-state index contributed by atoms with van der Waals surface area (Å²) in [5, 5.41) is 13.4. The van der Waals surface area contributed by atoms with Gasteiger partial charge in [-0.1, -0.05) is 26.0 Å². The highest BCUT2D eigenvalue weighted by Gasteiger charge is 2.15. The molecule has 116 valence electrons. The standard InChI is InChI=1S/C17H19NO4/c1-10(2)8-14-9-15(11(3)22-14)16(19)18-13-6-4-12(5-7-13)17(20)21/h4-7,9-10H,8H2,1-3H3,(H,18,19)(H,20,21)/p-1. The molecular weight excluding hydrogens is 282 g/mol. The maximum Gasteiger partial charge on any atom is 0.259 e. The number of hydrogen-bond acceptors (Lipinski definition) is 4. The van der Waals surface area contributed by atoms with Crippen LogP contribution in [0.3, 0.4) is 0 Å². The SMILES string of the molecule is Cc1oc(CC(C)C)cc1C(=O)Nc1ccc(C(=O)[O-])cc1. The first-order valence-electron chi connectivity index (χ1n) is 7.09. The summed E-state index contributed by atoms with van der Waals surface area (Å²) in [5.41, 5.74) is 1.07. The van der Waals surface area contributed by atoms with E-state index in [4.69, 9.17) is 4.42 Å². The molecule has 0 saturated heterocycles. The highest BCUT2D eigenvalue weighted by molar-refractivity contribution is 6.05. The molecule has 0 fully saturated rings. The van der Waals surface area contributed by atoms with Crippen LogP contribution < -0.4 is 10.4 Å². The van der Waals surface area contributed by atoms with Gasteiger partial charge in [-0.15, -0.1) is 0 Å². The third kappa shape index (κ3) is 3.75. The van der Waals surface area contributed by atoms with Gasteiger partial charge in [0, 0.05) is 12.1 Å². The number of carbonyl (C=O) groups excluding carboxylic acids is 2. The number of anilines is 1. The lowest BCUT2D eigenvalue weighted by Crippen LogP contribution is -2.22. The summed E-state index contributed by atoms with van der Waals surface area (Å²) < 4.78 is 5.59. The van der Waals surface area contributed by atoms with Crippen molar-refractivity contribution < 1.29 is 19.1 Å². The number of aromatic carboxylic acids is 1. The van der Waals surface area contributed by atoms with E-state index in [1.54, 1.807) is 13.0 Å². The number of carboxylic acids is 1. The monoisotopic (exact) mass is 300 g/mol. The molecule has 5 heteroatoms. The van der Waals surface area contributed by atoms with Crippen LogP contribution in [0.15, 0.2) is 34.7 Å². The second kappa shape index (κ2) is 6.47. The number of hydrogen-bond donors (Lipinski definition) is 1. The summed E-state index contributed by atoms with van der Waals surface area (Å²) in [6.45, 7) is 5.91. The number of nitrogens with one attached hydrogen (secondary N) is 1. The molecule has 0 spiro atoms. The van der Waals surface area contributed by atoms with E-state index in [0.717, 1.165) is 12.2 Å². The van der Waals surface area contributed by atoms with E-state index in [1.807, 2.05) is 0 Å². The minimum atomic E-state index is -1.25. The van der Waals surface area contributed by atoms with Crippen molar-refractivity contribution >= 4 is 17.6 Å². The first kappa shape index (κ1) is 15.8. The molecule has 1 aromatic heterocycles. The number of furan rings is 1. The molecule has 0 unspecified atom stereocenters. The minimum absolute atomic E-state index is 0.0664. The molecule has 1 aromatic carbocycles. The lowest BCUT2D eigenvalue weighted by atomic mass is 10.1. The molecule has 2 rings (SSSR count). The smallest absolute Gasteiger partial charge is 0.259 e. The molecule has 0 saturated carbocycles. The zero-order valence-corrected chi connectivity index (χ0v) is 12.8. The van der Waals surface area contributed by atoms with E-state index in [1.165, 1.54) is 24.3 Å². The molecule has 0 atom stereocenters. The number of rotatable bonds is 5. The summed E-state index contributed by atoms with van der Waals surface area (Å²) >= 11 is 0. The molecule has 5 nitrogen and oxygen atoms in total. The van der Waals surface area contributed by atoms with E-state index in [2.05, 4.69) is 19.2 Å². The summed E-state index contributed by atoms with van der Waals surface area (Å²) in [5.74, 6) is 0.266.